The first kappa shape index (κ1) is 13.2. The number of para-hydroxylation sites is 1. The molecule has 1 aromatic heterocycles. The first-order valence-electron chi connectivity index (χ1n) is 6.55. The number of fused-ring (bicyclic) bond motifs is 1. The zero-order valence-corrected chi connectivity index (χ0v) is 12.0. The van der Waals surface area contributed by atoms with Gasteiger partial charge in [0, 0.05) is 21.7 Å². The van der Waals surface area contributed by atoms with Crippen molar-refractivity contribution in [1.29, 1.82) is 5.26 Å². The number of nitriles is 1. The summed E-state index contributed by atoms with van der Waals surface area (Å²) >= 11 is 1.54. The van der Waals surface area contributed by atoms with Crippen LogP contribution in [-0.4, -0.2) is 11.7 Å². The predicted molar refractivity (Wildman–Crippen MR) is 77.9 cm³/mol. The van der Waals surface area contributed by atoms with E-state index in [0.717, 1.165) is 15.3 Å². The highest BCUT2D eigenvalue weighted by Gasteiger charge is 2.45. The number of aryl methyl sites for hydroxylation is 1. The average molecular weight is 285 g/mol. The van der Waals surface area contributed by atoms with Crippen molar-refractivity contribution in [1.82, 2.24) is 0 Å². The van der Waals surface area contributed by atoms with Gasteiger partial charge in [-0.25, -0.2) is 0 Å². The molecule has 0 saturated carbocycles. The van der Waals surface area contributed by atoms with E-state index in [1.807, 2.05) is 43.3 Å². The molecule has 20 heavy (non-hydrogen) atoms. The zero-order chi connectivity index (χ0) is 14.2. The molecule has 2 heterocycles. The highest BCUT2D eigenvalue weighted by molar-refractivity contribution is 7.12. The summed E-state index contributed by atoms with van der Waals surface area (Å²) in [5.74, 6) is 0.702. The Morgan fingerprint density at radius 1 is 1.35 bits per heavy atom. The molecule has 2 unspecified atom stereocenters. The summed E-state index contributed by atoms with van der Waals surface area (Å²) in [6, 6.07) is 13.7. The molecule has 0 radical (unpaired) electrons. The molecule has 1 N–H and O–H groups in total. The van der Waals surface area contributed by atoms with Crippen molar-refractivity contribution in [3.05, 3.63) is 51.7 Å². The highest BCUT2D eigenvalue weighted by Crippen LogP contribution is 2.47. The van der Waals surface area contributed by atoms with Crippen molar-refractivity contribution in [3.63, 3.8) is 0 Å². The molecule has 4 heteroatoms. The van der Waals surface area contributed by atoms with Gasteiger partial charge in [0.15, 0.2) is 0 Å². The van der Waals surface area contributed by atoms with Crippen molar-refractivity contribution in [2.24, 2.45) is 0 Å². The van der Waals surface area contributed by atoms with Crippen LogP contribution >= 0.6 is 11.3 Å². The lowest BCUT2D eigenvalue weighted by Crippen LogP contribution is -2.37. The monoisotopic (exact) mass is 285 g/mol. The maximum Gasteiger partial charge on any atom is 0.124 e. The van der Waals surface area contributed by atoms with Crippen LogP contribution in [0.5, 0.6) is 5.75 Å². The van der Waals surface area contributed by atoms with Crippen LogP contribution in [0.25, 0.3) is 0 Å². The SMILES string of the molecule is Cc1ccc(C(O)C2(C#N)CCOc3ccccc32)s1. The summed E-state index contributed by atoms with van der Waals surface area (Å²) < 4.78 is 5.61. The number of nitrogens with zero attached hydrogens (tertiary/aromatic N) is 1. The maximum absolute atomic E-state index is 10.8. The van der Waals surface area contributed by atoms with Gasteiger partial charge in [-0.05, 0) is 25.1 Å². The van der Waals surface area contributed by atoms with E-state index in [1.54, 1.807) is 0 Å². The molecule has 0 spiro atoms. The minimum Gasteiger partial charge on any atom is -0.493 e. The number of ether oxygens (including phenoxy) is 1. The molecular weight excluding hydrogens is 270 g/mol. The number of rotatable bonds is 2. The molecule has 3 rings (SSSR count). The van der Waals surface area contributed by atoms with E-state index in [0.29, 0.717) is 18.8 Å². The number of hydrogen-bond acceptors (Lipinski definition) is 4. The quantitative estimate of drug-likeness (QED) is 0.920. The Morgan fingerprint density at radius 2 is 2.15 bits per heavy atom. The maximum atomic E-state index is 10.8. The molecule has 0 aliphatic carbocycles. The molecule has 0 saturated heterocycles. The summed E-state index contributed by atoms with van der Waals surface area (Å²) in [5.41, 5.74) is -0.140. The smallest absolute Gasteiger partial charge is 0.124 e. The Kier molecular flexibility index (Phi) is 3.25. The number of aliphatic hydroxyl groups is 1. The van der Waals surface area contributed by atoms with Gasteiger partial charge >= 0.3 is 0 Å². The van der Waals surface area contributed by atoms with Gasteiger partial charge in [-0.1, -0.05) is 18.2 Å². The summed E-state index contributed by atoms with van der Waals surface area (Å²) in [5, 5.41) is 20.6. The molecule has 0 fully saturated rings. The fraction of sp³-hybridized carbons (Fsp3) is 0.312. The van der Waals surface area contributed by atoms with Crippen molar-refractivity contribution in [2.75, 3.05) is 6.61 Å². The number of hydrogen-bond donors (Lipinski definition) is 1. The van der Waals surface area contributed by atoms with E-state index in [-0.39, 0.29) is 0 Å². The molecule has 2 atom stereocenters. The third kappa shape index (κ3) is 1.91. The van der Waals surface area contributed by atoms with Crippen LogP contribution in [0.1, 0.15) is 27.8 Å². The molecule has 2 aromatic rings. The lowest BCUT2D eigenvalue weighted by molar-refractivity contribution is 0.0834. The molecule has 0 amide bonds. The second kappa shape index (κ2) is 4.93. The van der Waals surface area contributed by atoms with Crippen molar-refractivity contribution in [3.8, 4) is 11.8 Å². The van der Waals surface area contributed by atoms with Crippen LogP contribution in [0.15, 0.2) is 36.4 Å². The van der Waals surface area contributed by atoms with Crippen LogP contribution < -0.4 is 4.74 Å². The Labute approximate surface area is 122 Å². The predicted octanol–water partition coefficient (Wildman–Crippen LogP) is 3.33. The number of thiophene rings is 1. The standard InChI is InChI=1S/C16H15NO2S/c1-11-6-7-14(20-11)15(18)16(10-17)8-9-19-13-5-3-2-4-12(13)16/h2-7,15,18H,8-9H2,1H3. The number of benzene rings is 1. The third-order valence-corrected chi connectivity index (χ3v) is 4.87. The largest absolute Gasteiger partial charge is 0.493 e. The number of aliphatic hydroxyl groups excluding tert-OH is 1. The summed E-state index contributed by atoms with van der Waals surface area (Å²) in [7, 11) is 0. The topological polar surface area (TPSA) is 53.2 Å². The lowest BCUT2D eigenvalue weighted by Gasteiger charge is -2.36. The van der Waals surface area contributed by atoms with Gasteiger partial charge in [-0.2, -0.15) is 5.26 Å². The van der Waals surface area contributed by atoms with Crippen LogP contribution in [0.2, 0.25) is 0 Å². The lowest BCUT2D eigenvalue weighted by atomic mass is 9.72. The van der Waals surface area contributed by atoms with E-state index < -0.39 is 11.5 Å². The molecule has 3 nitrogen and oxygen atoms in total. The molecule has 1 aromatic carbocycles. The molecule has 1 aliphatic rings. The van der Waals surface area contributed by atoms with E-state index >= 15 is 0 Å². The molecule has 0 bridgehead atoms. The third-order valence-electron chi connectivity index (χ3n) is 3.82. The van der Waals surface area contributed by atoms with E-state index in [2.05, 4.69) is 6.07 Å². The van der Waals surface area contributed by atoms with E-state index in [9.17, 15) is 10.4 Å². The summed E-state index contributed by atoms with van der Waals surface area (Å²) in [6.07, 6.45) is -0.324. The van der Waals surface area contributed by atoms with Crippen LogP contribution in [0, 0.1) is 18.3 Å². The molecule has 102 valence electrons. The van der Waals surface area contributed by atoms with Crippen molar-refractivity contribution < 1.29 is 9.84 Å². The van der Waals surface area contributed by atoms with Crippen molar-refractivity contribution in [2.45, 2.75) is 24.9 Å². The van der Waals surface area contributed by atoms with Gasteiger partial charge in [-0.15, -0.1) is 11.3 Å². The van der Waals surface area contributed by atoms with E-state index in [1.165, 1.54) is 11.3 Å². The van der Waals surface area contributed by atoms with Crippen molar-refractivity contribution >= 4 is 11.3 Å². The Morgan fingerprint density at radius 3 is 2.85 bits per heavy atom. The first-order chi connectivity index (χ1) is 9.67. The van der Waals surface area contributed by atoms with Crippen LogP contribution in [0.3, 0.4) is 0 Å². The van der Waals surface area contributed by atoms with E-state index in [4.69, 9.17) is 4.74 Å². The average Bonchev–Trinajstić information content (AvgIpc) is 2.92. The van der Waals surface area contributed by atoms with Gasteiger partial charge in [0.05, 0.1) is 12.7 Å². The first-order valence-corrected chi connectivity index (χ1v) is 7.37. The minimum absolute atomic E-state index is 0.450. The Bertz CT molecular complexity index is 673. The zero-order valence-electron chi connectivity index (χ0n) is 11.2. The van der Waals surface area contributed by atoms with Gasteiger partial charge < -0.3 is 9.84 Å². The summed E-state index contributed by atoms with van der Waals surface area (Å²) in [6.45, 7) is 2.45. The van der Waals surface area contributed by atoms with Crippen LogP contribution in [-0.2, 0) is 5.41 Å². The molecule has 1 aliphatic heterocycles. The van der Waals surface area contributed by atoms with Gasteiger partial charge in [0.2, 0.25) is 0 Å². The second-order valence-corrected chi connectivity index (χ2v) is 6.35. The fourth-order valence-electron chi connectivity index (χ4n) is 2.72. The summed E-state index contributed by atoms with van der Waals surface area (Å²) in [4.78, 5) is 1.97. The fourth-order valence-corrected chi connectivity index (χ4v) is 3.68. The minimum atomic E-state index is -0.924. The Balaban J connectivity index is 2.12. The van der Waals surface area contributed by atoms with Crippen LogP contribution in [0.4, 0.5) is 0 Å². The Hall–Kier alpha value is -1.83. The highest BCUT2D eigenvalue weighted by atomic mass is 32.1. The second-order valence-electron chi connectivity index (χ2n) is 5.03. The van der Waals surface area contributed by atoms with Gasteiger partial charge in [0.25, 0.3) is 0 Å². The normalized spacial score (nSPS) is 22.4. The van der Waals surface area contributed by atoms with Gasteiger partial charge in [0.1, 0.15) is 17.3 Å². The molecular formula is C16H15NO2S. The van der Waals surface area contributed by atoms with Gasteiger partial charge in [-0.3, -0.25) is 0 Å².